The molecule has 8 heteroatoms. The highest BCUT2D eigenvalue weighted by molar-refractivity contribution is 7.19. The molecule has 24 heavy (non-hydrogen) atoms. The van der Waals surface area contributed by atoms with Crippen molar-refractivity contribution in [2.24, 2.45) is 0 Å². The van der Waals surface area contributed by atoms with E-state index in [0.29, 0.717) is 14.9 Å². The Morgan fingerprint density at radius 1 is 1.21 bits per heavy atom. The molecule has 0 bridgehead atoms. The summed E-state index contributed by atoms with van der Waals surface area (Å²) in [6.07, 6.45) is 1.56. The van der Waals surface area contributed by atoms with Crippen LogP contribution in [0.4, 0.5) is 0 Å². The number of carboxylic acid groups (broad SMARTS) is 1. The fourth-order valence-electron chi connectivity index (χ4n) is 2.12. The number of benzene rings is 1. The van der Waals surface area contributed by atoms with Crippen LogP contribution < -0.4 is 10.4 Å². The molecule has 0 aliphatic carbocycles. The molecule has 122 valence electrons. The number of para-hydroxylation sites is 1. The summed E-state index contributed by atoms with van der Waals surface area (Å²) in [4.78, 5) is 23.6. The summed E-state index contributed by atoms with van der Waals surface area (Å²) in [5.41, 5.74) is 1.48. The standard InChI is InChI=1S/C16H12ClN3O3S/c17-13-7-6-12(24-13)15-11(16(23)18-8-14(21)22)9-20(19-15)10-4-2-1-3-5-10/h1-7,9H,8H2,(H,18,23)(H,21,22)/p-1. The lowest BCUT2D eigenvalue weighted by atomic mass is 10.2. The Bertz CT molecular complexity index is 889. The molecule has 2 aromatic heterocycles. The quantitative estimate of drug-likeness (QED) is 0.750. The van der Waals surface area contributed by atoms with E-state index in [1.165, 1.54) is 11.3 Å². The Kier molecular flexibility index (Phi) is 4.64. The van der Waals surface area contributed by atoms with E-state index >= 15 is 0 Å². The number of carbonyl (C=O) groups excluding carboxylic acids is 2. The van der Waals surface area contributed by atoms with E-state index in [-0.39, 0.29) is 5.56 Å². The molecule has 0 fully saturated rings. The molecule has 0 aliphatic rings. The number of hydrogen-bond acceptors (Lipinski definition) is 5. The Balaban J connectivity index is 2.03. The number of halogens is 1. The SMILES string of the molecule is O=C([O-])CNC(=O)c1cn(-c2ccccc2)nc1-c1ccc(Cl)s1. The zero-order valence-electron chi connectivity index (χ0n) is 12.2. The number of rotatable bonds is 5. The summed E-state index contributed by atoms with van der Waals surface area (Å²) < 4.78 is 2.14. The third kappa shape index (κ3) is 3.47. The number of aliphatic carboxylic acids is 1. The molecule has 0 spiro atoms. The third-order valence-electron chi connectivity index (χ3n) is 3.18. The van der Waals surface area contributed by atoms with Gasteiger partial charge in [-0.05, 0) is 24.3 Å². The van der Waals surface area contributed by atoms with Gasteiger partial charge in [-0.25, -0.2) is 4.68 Å². The lowest BCUT2D eigenvalue weighted by molar-refractivity contribution is -0.303. The van der Waals surface area contributed by atoms with E-state index in [9.17, 15) is 14.7 Å². The van der Waals surface area contributed by atoms with Gasteiger partial charge in [0.1, 0.15) is 5.69 Å². The van der Waals surface area contributed by atoms with Gasteiger partial charge >= 0.3 is 0 Å². The minimum Gasteiger partial charge on any atom is -0.548 e. The van der Waals surface area contributed by atoms with E-state index in [1.807, 2.05) is 30.3 Å². The van der Waals surface area contributed by atoms with Crippen LogP contribution in [0.15, 0.2) is 48.7 Å². The maximum absolute atomic E-state index is 12.3. The van der Waals surface area contributed by atoms with Gasteiger partial charge in [-0.2, -0.15) is 5.10 Å². The summed E-state index contributed by atoms with van der Waals surface area (Å²) in [6.45, 7) is -0.569. The maximum atomic E-state index is 12.3. The smallest absolute Gasteiger partial charge is 0.255 e. The molecule has 0 saturated heterocycles. The average molecular weight is 361 g/mol. The van der Waals surface area contributed by atoms with E-state index < -0.39 is 18.4 Å². The predicted octanol–water partition coefficient (Wildman–Crippen LogP) is 1.73. The van der Waals surface area contributed by atoms with Gasteiger partial charge in [0.15, 0.2) is 0 Å². The second-order valence-corrected chi connectivity index (χ2v) is 6.55. The summed E-state index contributed by atoms with van der Waals surface area (Å²) in [5.74, 6) is -1.90. The zero-order valence-corrected chi connectivity index (χ0v) is 13.8. The molecule has 0 saturated carbocycles. The van der Waals surface area contributed by atoms with Crippen molar-refractivity contribution in [1.29, 1.82) is 0 Å². The van der Waals surface area contributed by atoms with E-state index in [4.69, 9.17) is 11.6 Å². The van der Waals surface area contributed by atoms with Gasteiger partial charge in [-0.15, -0.1) is 11.3 Å². The molecule has 1 amide bonds. The number of aromatic nitrogens is 2. The van der Waals surface area contributed by atoms with Crippen molar-refractivity contribution < 1.29 is 14.7 Å². The van der Waals surface area contributed by atoms with Gasteiger partial charge in [0.2, 0.25) is 0 Å². The summed E-state index contributed by atoms with van der Waals surface area (Å²) >= 11 is 7.25. The highest BCUT2D eigenvalue weighted by atomic mass is 35.5. The van der Waals surface area contributed by atoms with Crippen molar-refractivity contribution >= 4 is 34.8 Å². The van der Waals surface area contributed by atoms with Crippen LogP contribution in [0.1, 0.15) is 10.4 Å². The molecule has 0 atom stereocenters. The molecule has 3 rings (SSSR count). The number of carboxylic acids is 1. The average Bonchev–Trinajstić information content (AvgIpc) is 3.19. The number of carbonyl (C=O) groups is 2. The van der Waals surface area contributed by atoms with E-state index in [2.05, 4.69) is 10.4 Å². The van der Waals surface area contributed by atoms with Crippen molar-refractivity contribution in [3.05, 3.63) is 58.6 Å². The largest absolute Gasteiger partial charge is 0.548 e. The van der Waals surface area contributed by atoms with E-state index in [1.54, 1.807) is 23.0 Å². The third-order valence-corrected chi connectivity index (χ3v) is 4.42. The molecule has 6 nitrogen and oxygen atoms in total. The molecule has 3 aromatic rings. The Hall–Kier alpha value is -2.64. The van der Waals surface area contributed by atoms with Crippen LogP contribution in [-0.4, -0.2) is 28.2 Å². The van der Waals surface area contributed by atoms with Crippen LogP contribution in [0, 0.1) is 0 Å². The lowest BCUT2D eigenvalue weighted by Gasteiger charge is -2.04. The highest BCUT2D eigenvalue weighted by Gasteiger charge is 2.19. The first kappa shape index (κ1) is 16.2. The summed E-state index contributed by atoms with van der Waals surface area (Å²) in [5, 5.41) is 17.3. The number of nitrogens with one attached hydrogen (secondary N) is 1. The molecule has 2 heterocycles. The Morgan fingerprint density at radius 3 is 2.58 bits per heavy atom. The molecule has 1 N–H and O–H groups in total. The first-order valence-corrected chi connectivity index (χ1v) is 8.13. The minimum atomic E-state index is -1.36. The first-order chi connectivity index (χ1) is 11.5. The van der Waals surface area contributed by atoms with Crippen LogP contribution in [0.3, 0.4) is 0 Å². The lowest BCUT2D eigenvalue weighted by Crippen LogP contribution is -2.37. The monoisotopic (exact) mass is 360 g/mol. The van der Waals surface area contributed by atoms with E-state index in [0.717, 1.165) is 5.69 Å². The minimum absolute atomic E-state index is 0.263. The number of hydrogen-bond donors (Lipinski definition) is 1. The molecule has 0 unspecified atom stereocenters. The topological polar surface area (TPSA) is 87.0 Å². The predicted molar refractivity (Wildman–Crippen MR) is 89.2 cm³/mol. The van der Waals surface area contributed by atoms with Crippen molar-refractivity contribution in [2.75, 3.05) is 6.54 Å². The number of amides is 1. The van der Waals surface area contributed by atoms with Crippen molar-refractivity contribution in [1.82, 2.24) is 15.1 Å². The van der Waals surface area contributed by atoms with Crippen LogP contribution in [0.5, 0.6) is 0 Å². The van der Waals surface area contributed by atoms with Crippen molar-refractivity contribution in [2.45, 2.75) is 0 Å². The molecular formula is C16H11ClN3O3S-. The van der Waals surface area contributed by atoms with Crippen LogP contribution in [0.25, 0.3) is 16.3 Å². The summed E-state index contributed by atoms with van der Waals surface area (Å²) in [6, 6.07) is 12.8. The highest BCUT2D eigenvalue weighted by Crippen LogP contribution is 2.32. The number of thiophene rings is 1. The molecule has 0 radical (unpaired) electrons. The van der Waals surface area contributed by atoms with Crippen LogP contribution in [0.2, 0.25) is 4.34 Å². The van der Waals surface area contributed by atoms with Crippen molar-refractivity contribution in [3.63, 3.8) is 0 Å². The Labute approximate surface area is 146 Å². The summed E-state index contributed by atoms with van der Waals surface area (Å²) in [7, 11) is 0. The molecular weight excluding hydrogens is 350 g/mol. The molecule has 1 aromatic carbocycles. The Morgan fingerprint density at radius 2 is 1.96 bits per heavy atom. The number of nitrogens with zero attached hydrogens (tertiary/aromatic N) is 2. The van der Waals surface area contributed by atoms with Crippen LogP contribution >= 0.6 is 22.9 Å². The van der Waals surface area contributed by atoms with Gasteiger partial charge in [-0.1, -0.05) is 29.8 Å². The van der Waals surface area contributed by atoms with Gasteiger partial charge in [0.05, 0.1) is 33.0 Å². The fraction of sp³-hybridized carbons (Fsp3) is 0.0625. The first-order valence-electron chi connectivity index (χ1n) is 6.93. The second-order valence-electron chi connectivity index (χ2n) is 4.83. The van der Waals surface area contributed by atoms with Crippen molar-refractivity contribution in [3.8, 4) is 16.3 Å². The van der Waals surface area contributed by atoms with Gasteiger partial charge in [0.25, 0.3) is 5.91 Å². The van der Waals surface area contributed by atoms with Gasteiger partial charge in [-0.3, -0.25) is 4.79 Å². The molecule has 0 aliphatic heterocycles. The fourth-order valence-corrected chi connectivity index (χ4v) is 3.17. The normalized spacial score (nSPS) is 10.5. The maximum Gasteiger partial charge on any atom is 0.255 e. The van der Waals surface area contributed by atoms with Gasteiger partial charge in [0, 0.05) is 6.20 Å². The van der Waals surface area contributed by atoms with Gasteiger partial charge < -0.3 is 15.2 Å². The second kappa shape index (κ2) is 6.86. The zero-order chi connectivity index (χ0) is 17.1. The van der Waals surface area contributed by atoms with Crippen LogP contribution in [-0.2, 0) is 4.79 Å².